The van der Waals surface area contributed by atoms with Crippen LogP contribution >= 0.6 is 11.6 Å². The van der Waals surface area contributed by atoms with Crippen LogP contribution in [0.4, 0.5) is 15.8 Å². The highest BCUT2D eigenvalue weighted by Crippen LogP contribution is 2.23. The van der Waals surface area contributed by atoms with E-state index in [0.717, 1.165) is 10.4 Å². The summed E-state index contributed by atoms with van der Waals surface area (Å²) in [7, 11) is -1.46. The van der Waals surface area contributed by atoms with E-state index in [1.54, 1.807) is 18.2 Å². The lowest BCUT2D eigenvalue weighted by Gasteiger charge is -2.27. The fourth-order valence-corrected chi connectivity index (χ4v) is 3.30. The summed E-state index contributed by atoms with van der Waals surface area (Å²) >= 11 is 5.85. The molecule has 2 aromatic rings. The molecule has 1 amide bonds. The maximum atomic E-state index is 14.1. The van der Waals surface area contributed by atoms with Crippen molar-refractivity contribution >= 4 is 39.1 Å². The number of para-hydroxylation sites is 1. The molecule has 0 bridgehead atoms. The number of rotatable bonds is 6. The minimum atomic E-state index is -4.07. The standard InChI is InChI=1S/C16H17ClFN3O3S/c1-20(2)25(23,24)21(15-9-4-3-8-14(15)18)11-16(22)19-13-7-5-6-12(17)10-13/h3-10H,11H2,1-2H3,(H,19,22). The molecule has 1 N–H and O–H groups in total. The quantitative estimate of drug-likeness (QED) is 0.831. The Morgan fingerprint density at radius 1 is 1.16 bits per heavy atom. The summed E-state index contributed by atoms with van der Waals surface area (Å²) in [6.45, 7) is -0.589. The molecule has 0 aliphatic rings. The average molecular weight is 386 g/mol. The van der Waals surface area contributed by atoms with Gasteiger partial charge in [0, 0.05) is 24.8 Å². The third-order valence-electron chi connectivity index (χ3n) is 3.26. The van der Waals surface area contributed by atoms with Gasteiger partial charge in [0.1, 0.15) is 12.4 Å². The van der Waals surface area contributed by atoms with Gasteiger partial charge in [-0.1, -0.05) is 29.8 Å². The average Bonchev–Trinajstić information content (AvgIpc) is 2.53. The lowest BCUT2D eigenvalue weighted by Crippen LogP contribution is -2.44. The number of anilines is 2. The Morgan fingerprint density at radius 2 is 1.84 bits per heavy atom. The lowest BCUT2D eigenvalue weighted by atomic mass is 10.3. The first kappa shape index (κ1) is 19.2. The molecule has 0 aliphatic heterocycles. The first-order valence-electron chi connectivity index (χ1n) is 7.22. The Kier molecular flexibility index (Phi) is 5.99. The van der Waals surface area contributed by atoms with Gasteiger partial charge in [0.05, 0.1) is 5.69 Å². The van der Waals surface area contributed by atoms with E-state index in [0.29, 0.717) is 15.0 Å². The van der Waals surface area contributed by atoms with E-state index in [9.17, 15) is 17.6 Å². The van der Waals surface area contributed by atoms with Crippen molar-refractivity contribution in [1.82, 2.24) is 4.31 Å². The molecule has 0 fully saturated rings. The zero-order chi connectivity index (χ0) is 18.6. The third-order valence-corrected chi connectivity index (χ3v) is 5.30. The molecule has 0 atom stereocenters. The molecule has 0 heterocycles. The van der Waals surface area contributed by atoms with Crippen molar-refractivity contribution in [3.05, 3.63) is 59.4 Å². The summed E-state index contributed by atoms with van der Waals surface area (Å²) in [5.74, 6) is -1.38. The van der Waals surface area contributed by atoms with Crippen molar-refractivity contribution in [1.29, 1.82) is 0 Å². The van der Waals surface area contributed by atoms with Gasteiger partial charge in [0.15, 0.2) is 0 Å². The second kappa shape index (κ2) is 7.81. The van der Waals surface area contributed by atoms with Crippen LogP contribution in [0.1, 0.15) is 0 Å². The number of amides is 1. The fourth-order valence-electron chi connectivity index (χ4n) is 2.04. The zero-order valence-electron chi connectivity index (χ0n) is 13.6. The predicted octanol–water partition coefficient (Wildman–Crippen LogP) is 2.73. The Morgan fingerprint density at radius 3 is 2.44 bits per heavy atom. The third kappa shape index (κ3) is 4.68. The van der Waals surface area contributed by atoms with Crippen LogP contribution in [0, 0.1) is 5.82 Å². The van der Waals surface area contributed by atoms with E-state index in [1.807, 2.05) is 0 Å². The maximum absolute atomic E-state index is 14.1. The fraction of sp³-hybridized carbons (Fsp3) is 0.188. The maximum Gasteiger partial charge on any atom is 0.304 e. The molecule has 0 saturated heterocycles. The normalized spacial score (nSPS) is 11.4. The number of nitrogens with one attached hydrogen (secondary N) is 1. The van der Waals surface area contributed by atoms with Gasteiger partial charge in [0.25, 0.3) is 0 Å². The number of carbonyl (C=O) groups is 1. The predicted molar refractivity (Wildman–Crippen MR) is 96.4 cm³/mol. The van der Waals surface area contributed by atoms with E-state index in [-0.39, 0.29) is 5.69 Å². The highest BCUT2D eigenvalue weighted by molar-refractivity contribution is 7.90. The number of nitrogens with zero attached hydrogens (tertiary/aromatic N) is 2. The molecule has 25 heavy (non-hydrogen) atoms. The van der Waals surface area contributed by atoms with Crippen LogP contribution in [0.3, 0.4) is 0 Å². The molecule has 2 aromatic carbocycles. The van der Waals surface area contributed by atoms with Crippen molar-refractivity contribution < 1.29 is 17.6 Å². The van der Waals surface area contributed by atoms with E-state index in [1.165, 1.54) is 38.4 Å². The van der Waals surface area contributed by atoms with Gasteiger partial charge in [-0.2, -0.15) is 12.7 Å². The zero-order valence-corrected chi connectivity index (χ0v) is 15.2. The van der Waals surface area contributed by atoms with E-state index < -0.39 is 28.5 Å². The first-order valence-corrected chi connectivity index (χ1v) is 8.99. The molecule has 9 heteroatoms. The van der Waals surface area contributed by atoms with Gasteiger partial charge in [0.2, 0.25) is 5.91 Å². The second-order valence-corrected chi connectivity index (χ2v) is 7.81. The van der Waals surface area contributed by atoms with Crippen molar-refractivity contribution in [2.45, 2.75) is 0 Å². The van der Waals surface area contributed by atoms with Crippen molar-refractivity contribution in [3.8, 4) is 0 Å². The summed E-state index contributed by atoms with van der Waals surface area (Å²) in [6, 6.07) is 11.8. The van der Waals surface area contributed by atoms with Gasteiger partial charge in [-0.3, -0.25) is 4.79 Å². The molecule has 0 unspecified atom stereocenters. The Balaban J connectivity index is 2.31. The van der Waals surface area contributed by atoms with Crippen LogP contribution in [0.2, 0.25) is 5.02 Å². The molecular formula is C16H17ClFN3O3S. The number of hydrogen-bond donors (Lipinski definition) is 1. The highest BCUT2D eigenvalue weighted by Gasteiger charge is 2.29. The van der Waals surface area contributed by atoms with Crippen molar-refractivity contribution in [2.75, 3.05) is 30.3 Å². The minimum Gasteiger partial charge on any atom is -0.324 e. The van der Waals surface area contributed by atoms with Gasteiger partial charge in [-0.15, -0.1) is 0 Å². The molecule has 0 aliphatic carbocycles. The molecule has 134 valence electrons. The molecular weight excluding hydrogens is 369 g/mol. The summed E-state index contributed by atoms with van der Waals surface area (Å²) in [5, 5.41) is 2.96. The largest absolute Gasteiger partial charge is 0.324 e. The minimum absolute atomic E-state index is 0.211. The summed E-state index contributed by atoms with van der Waals surface area (Å²) < 4.78 is 40.7. The summed E-state index contributed by atoms with van der Waals surface area (Å²) in [5.41, 5.74) is 0.200. The molecule has 6 nitrogen and oxygen atoms in total. The number of benzene rings is 2. The van der Waals surface area contributed by atoms with Crippen LogP contribution in [0.25, 0.3) is 0 Å². The van der Waals surface area contributed by atoms with E-state index in [2.05, 4.69) is 5.32 Å². The first-order chi connectivity index (χ1) is 11.7. The number of hydrogen-bond acceptors (Lipinski definition) is 3. The van der Waals surface area contributed by atoms with E-state index >= 15 is 0 Å². The van der Waals surface area contributed by atoms with Crippen LogP contribution in [-0.2, 0) is 15.0 Å². The molecule has 0 radical (unpaired) electrons. The van der Waals surface area contributed by atoms with Gasteiger partial charge < -0.3 is 5.32 Å². The van der Waals surface area contributed by atoms with Crippen LogP contribution < -0.4 is 9.62 Å². The smallest absolute Gasteiger partial charge is 0.304 e. The van der Waals surface area contributed by atoms with Crippen LogP contribution in [-0.4, -0.2) is 39.3 Å². The Hall–Kier alpha value is -2.16. The van der Waals surface area contributed by atoms with E-state index in [4.69, 9.17) is 11.6 Å². The highest BCUT2D eigenvalue weighted by atomic mass is 35.5. The van der Waals surface area contributed by atoms with Crippen LogP contribution in [0.15, 0.2) is 48.5 Å². The Labute approximate surface area is 151 Å². The summed E-state index contributed by atoms with van der Waals surface area (Å²) in [6.07, 6.45) is 0. The van der Waals surface area contributed by atoms with Gasteiger partial charge >= 0.3 is 10.2 Å². The van der Waals surface area contributed by atoms with Gasteiger partial charge in [-0.05, 0) is 30.3 Å². The number of carbonyl (C=O) groups excluding carboxylic acids is 1. The van der Waals surface area contributed by atoms with Crippen molar-refractivity contribution in [3.63, 3.8) is 0 Å². The lowest BCUT2D eigenvalue weighted by molar-refractivity contribution is -0.114. The second-order valence-electron chi connectivity index (χ2n) is 5.31. The van der Waals surface area contributed by atoms with Gasteiger partial charge in [-0.25, -0.2) is 8.70 Å². The van der Waals surface area contributed by atoms with Crippen LogP contribution in [0.5, 0.6) is 0 Å². The molecule has 0 spiro atoms. The molecule has 0 aromatic heterocycles. The Bertz CT molecular complexity index is 874. The summed E-state index contributed by atoms with van der Waals surface area (Å²) in [4.78, 5) is 12.3. The topological polar surface area (TPSA) is 69.7 Å². The monoisotopic (exact) mass is 385 g/mol. The molecule has 2 rings (SSSR count). The van der Waals surface area contributed by atoms with Crippen molar-refractivity contribution in [2.24, 2.45) is 0 Å². The SMILES string of the molecule is CN(C)S(=O)(=O)N(CC(=O)Nc1cccc(Cl)c1)c1ccccc1F. The molecule has 0 saturated carbocycles. The number of halogens is 2.